The largest absolute Gasteiger partial charge is 0.351 e. The van der Waals surface area contributed by atoms with Gasteiger partial charge in [0.1, 0.15) is 0 Å². The predicted octanol–water partition coefficient (Wildman–Crippen LogP) is 2.36. The van der Waals surface area contributed by atoms with Crippen molar-refractivity contribution in [1.82, 2.24) is 10.2 Å². The van der Waals surface area contributed by atoms with Crippen molar-refractivity contribution in [3.05, 3.63) is 35.4 Å². The first-order valence-corrected chi connectivity index (χ1v) is 8.57. The number of fused-ring (bicyclic) bond motifs is 1. The zero-order valence-corrected chi connectivity index (χ0v) is 13.5. The van der Waals surface area contributed by atoms with Crippen molar-refractivity contribution in [2.24, 2.45) is 11.7 Å². The van der Waals surface area contributed by atoms with Crippen molar-refractivity contribution >= 4 is 11.9 Å². The van der Waals surface area contributed by atoms with Gasteiger partial charge in [0.25, 0.3) is 0 Å². The topological polar surface area (TPSA) is 75.4 Å². The second kappa shape index (κ2) is 7.02. The monoisotopic (exact) mass is 315 g/mol. The highest BCUT2D eigenvalue weighted by atomic mass is 16.2. The van der Waals surface area contributed by atoms with Crippen molar-refractivity contribution in [2.75, 3.05) is 13.1 Å². The van der Waals surface area contributed by atoms with Gasteiger partial charge < -0.3 is 16.0 Å². The Labute approximate surface area is 137 Å². The Morgan fingerprint density at radius 3 is 2.78 bits per heavy atom. The molecular formula is C18H25N3O2. The summed E-state index contributed by atoms with van der Waals surface area (Å²) in [7, 11) is 0. The number of rotatable bonds is 2. The van der Waals surface area contributed by atoms with Gasteiger partial charge in [-0.3, -0.25) is 4.79 Å². The molecule has 0 saturated carbocycles. The average Bonchev–Trinajstić information content (AvgIpc) is 2.77. The minimum atomic E-state index is -0.428. The molecule has 0 radical (unpaired) electrons. The highest BCUT2D eigenvalue weighted by molar-refractivity contribution is 5.81. The fraction of sp³-hybridized carbons (Fsp3) is 0.556. The molecule has 1 aliphatic heterocycles. The minimum Gasteiger partial charge on any atom is -0.351 e. The van der Waals surface area contributed by atoms with E-state index in [0.29, 0.717) is 13.1 Å². The van der Waals surface area contributed by atoms with Gasteiger partial charge in [0.2, 0.25) is 5.91 Å². The fourth-order valence-corrected chi connectivity index (χ4v) is 3.75. The van der Waals surface area contributed by atoms with Crippen LogP contribution in [0.1, 0.15) is 49.3 Å². The first kappa shape index (κ1) is 15.8. The zero-order chi connectivity index (χ0) is 16.2. The maximum atomic E-state index is 12.7. The van der Waals surface area contributed by atoms with E-state index in [9.17, 15) is 9.59 Å². The summed E-state index contributed by atoms with van der Waals surface area (Å²) >= 11 is 0. The summed E-state index contributed by atoms with van der Waals surface area (Å²) in [5.74, 6) is -0.0932. The van der Waals surface area contributed by atoms with E-state index in [1.807, 2.05) is 6.07 Å². The average molecular weight is 315 g/mol. The van der Waals surface area contributed by atoms with E-state index in [1.165, 1.54) is 17.5 Å². The van der Waals surface area contributed by atoms with E-state index < -0.39 is 6.03 Å². The molecule has 3 rings (SSSR count). The van der Waals surface area contributed by atoms with Crippen LogP contribution in [0.3, 0.4) is 0 Å². The third kappa shape index (κ3) is 3.66. The molecule has 2 unspecified atom stereocenters. The number of benzene rings is 1. The predicted molar refractivity (Wildman–Crippen MR) is 88.8 cm³/mol. The normalized spacial score (nSPS) is 24.4. The van der Waals surface area contributed by atoms with Gasteiger partial charge in [-0.1, -0.05) is 30.7 Å². The van der Waals surface area contributed by atoms with E-state index in [2.05, 4.69) is 23.5 Å². The van der Waals surface area contributed by atoms with Gasteiger partial charge in [0.15, 0.2) is 0 Å². The number of amides is 3. The molecule has 124 valence electrons. The molecule has 5 nitrogen and oxygen atoms in total. The van der Waals surface area contributed by atoms with Crippen LogP contribution in [0.5, 0.6) is 0 Å². The second-order valence-electron chi connectivity index (χ2n) is 6.63. The van der Waals surface area contributed by atoms with E-state index in [4.69, 9.17) is 5.73 Å². The summed E-state index contributed by atoms with van der Waals surface area (Å²) in [5, 5.41) is 3.23. The fourth-order valence-electron chi connectivity index (χ4n) is 3.75. The molecular weight excluding hydrogens is 290 g/mol. The number of aryl methyl sites for hydroxylation is 1. The van der Waals surface area contributed by atoms with Crippen LogP contribution >= 0.6 is 0 Å². The van der Waals surface area contributed by atoms with Crippen LogP contribution in [-0.2, 0) is 11.2 Å². The smallest absolute Gasteiger partial charge is 0.314 e. The van der Waals surface area contributed by atoms with Crippen LogP contribution in [0.4, 0.5) is 4.79 Å². The Morgan fingerprint density at radius 2 is 1.96 bits per heavy atom. The molecule has 1 fully saturated rings. The van der Waals surface area contributed by atoms with E-state index >= 15 is 0 Å². The highest BCUT2D eigenvalue weighted by Crippen LogP contribution is 2.29. The lowest BCUT2D eigenvalue weighted by Gasteiger charge is -2.32. The lowest BCUT2D eigenvalue weighted by molar-refractivity contribution is -0.127. The molecule has 0 bridgehead atoms. The van der Waals surface area contributed by atoms with E-state index in [-0.39, 0.29) is 17.9 Å². The van der Waals surface area contributed by atoms with E-state index in [0.717, 1.165) is 32.1 Å². The standard InChI is InChI=1S/C18H25N3O2/c19-18(23)21-11-5-8-14(12-21)17(22)20-16-10-4-2-7-13-6-1-3-9-15(13)16/h1,3,6,9,14,16H,2,4-5,7-8,10-12H2,(H2,19,23)(H,20,22). The number of likely N-dealkylation sites (tertiary alicyclic amines) is 1. The van der Waals surface area contributed by atoms with Crippen molar-refractivity contribution in [1.29, 1.82) is 0 Å². The summed E-state index contributed by atoms with van der Waals surface area (Å²) in [4.78, 5) is 25.6. The third-order valence-electron chi connectivity index (χ3n) is 5.04. The number of hydrogen-bond acceptors (Lipinski definition) is 2. The van der Waals surface area contributed by atoms with Crippen LogP contribution in [-0.4, -0.2) is 29.9 Å². The van der Waals surface area contributed by atoms with Crippen LogP contribution in [0.2, 0.25) is 0 Å². The Hall–Kier alpha value is -2.04. The molecule has 3 N–H and O–H groups in total. The Bertz CT molecular complexity index is 587. The van der Waals surface area contributed by atoms with Gasteiger partial charge in [-0.05, 0) is 43.2 Å². The van der Waals surface area contributed by atoms with Gasteiger partial charge in [-0.25, -0.2) is 4.79 Å². The maximum Gasteiger partial charge on any atom is 0.314 e. The van der Waals surface area contributed by atoms with Gasteiger partial charge in [0.05, 0.1) is 12.0 Å². The number of hydrogen-bond donors (Lipinski definition) is 2. The Balaban J connectivity index is 1.69. The minimum absolute atomic E-state index is 0.0534. The van der Waals surface area contributed by atoms with Crippen molar-refractivity contribution in [3.63, 3.8) is 0 Å². The number of urea groups is 1. The Morgan fingerprint density at radius 1 is 1.13 bits per heavy atom. The molecule has 5 heteroatoms. The molecule has 1 aromatic carbocycles. The Kier molecular flexibility index (Phi) is 4.84. The number of carbonyl (C=O) groups excluding carboxylic acids is 2. The molecule has 1 saturated heterocycles. The number of nitrogens with zero attached hydrogens (tertiary/aromatic N) is 1. The van der Waals surface area contributed by atoms with Crippen LogP contribution < -0.4 is 11.1 Å². The number of nitrogens with one attached hydrogen (secondary N) is 1. The molecule has 1 aromatic rings. The first-order chi connectivity index (χ1) is 11.1. The molecule has 2 atom stereocenters. The van der Waals surface area contributed by atoms with Gasteiger partial charge in [-0.2, -0.15) is 0 Å². The van der Waals surface area contributed by atoms with Crippen LogP contribution in [0.15, 0.2) is 24.3 Å². The second-order valence-corrected chi connectivity index (χ2v) is 6.63. The molecule has 23 heavy (non-hydrogen) atoms. The summed E-state index contributed by atoms with van der Waals surface area (Å²) in [6.45, 7) is 1.10. The van der Waals surface area contributed by atoms with Gasteiger partial charge in [-0.15, -0.1) is 0 Å². The van der Waals surface area contributed by atoms with Crippen molar-refractivity contribution in [3.8, 4) is 0 Å². The lowest BCUT2D eigenvalue weighted by Crippen LogP contribution is -2.47. The van der Waals surface area contributed by atoms with Crippen LogP contribution in [0, 0.1) is 5.92 Å². The molecule has 0 spiro atoms. The molecule has 0 aromatic heterocycles. The molecule has 3 amide bonds. The molecule has 1 aliphatic carbocycles. The molecule has 1 heterocycles. The maximum absolute atomic E-state index is 12.7. The number of primary amides is 1. The lowest BCUT2D eigenvalue weighted by atomic mass is 9.95. The quantitative estimate of drug-likeness (QED) is 0.822. The van der Waals surface area contributed by atoms with Crippen molar-refractivity contribution < 1.29 is 9.59 Å². The number of nitrogens with two attached hydrogens (primary N) is 1. The summed E-state index contributed by atoms with van der Waals surface area (Å²) in [5.41, 5.74) is 7.95. The third-order valence-corrected chi connectivity index (χ3v) is 5.04. The van der Waals surface area contributed by atoms with Crippen LogP contribution in [0.25, 0.3) is 0 Å². The van der Waals surface area contributed by atoms with Gasteiger partial charge >= 0.3 is 6.03 Å². The number of carbonyl (C=O) groups is 2. The first-order valence-electron chi connectivity index (χ1n) is 8.57. The zero-order valence-electron chi connectivity index (χ0n) is 13.5. The number of piperidine rings is 1. The van der Waals surface area contributed by atoms with Crippen molar-refractivity contribution in [2.45, 2.75) is 44.6 Å². The summed E-state index contributed by atoms with van der Waals surface area (Å²) in [6.07, 6.45) is 6.02. The summed E-state index contributed by atoms with van der Waals surface area (Å²) in [6, 6.07) is 8.05. The summed E-state index contributed by atoms with van der Waals surface area (Å²) < 4.78 is 0. The molecule has 2 aliphatic rings. The van der Waals surface area contributed by atoms with Gasteiger partial charge in [0, 0.05) is 13.1 Å². The highest BCUT2D eigenvalue weighted by Gasteiger charge is 2.29. The van der Waals surface area contributed by atoms with E-state index in [1.54, 1.807) is 4.90 Å². The SMILES string of the molecule is NC(=O)N1CCCC(C(=O)NC2CCCCc3ccccc32)C1.